The van der Waals surface area contributed by atoms with Crippen molar-refractivity contribution in [1.29, 1.82) is 0 Å². The molecule has 0 amide bonds. The van der Waals surface area contributed by atoms with Gasteiger partial charge in [0.05, 0.1) is 22.9 Å². The molecule has 0 aromatic heterocycles. The molecule has 0 N–H and O–H groups in total. The molecule has 0 saturated carbocycles. The SMILES string of the molecule is CC(C)[P+](Br)(C(C)C)C(C)C. The average molecular weight is 240 g/mol. The fraction of sp³-hybridized carbons (Fsp3) is 1.00. The van der Waals surface area contributed by atoms with Gasteiger partial charge in [-0.1, -0.05) is 0 Å². The number of hydrogen-bond donors (Lipinski definition) is 0. The maximum atomic E-state index is 3.99. The number of hydrogen-bond acceptors (Lipinski definition) is 0. The molecule has 0 unspecified atom stereocenters. The highest BCUT2D eigenvalue weighted by Gasteiger charge is 2.45. The maximum absolute atomic E-state index is 3.99. The summed E-state index contributed by atoms with van der Waals surface area (Å²) in [5.41, 5.74) is 2.42. The van der Waals surface area contributed by atoms with Crippen LogP contribution in [0.25, 0.3) is 0 Å². The Labute approximate surface area is 80.2 Å². The molecule has 0 heterocycles. The topological polar surface area (TPSA) is 0 Å². The molecule has 0 radical (unpaired) electrons. The molecule has 0 aromatic rings. The minimum atomic E-state index is -0.873. The monoisotopic (exact) mass is 239 g/mol. The van der Waals surface area contributed by atoms with Gasteiger partial charge in [-0.3, -0.25) is 0 Å². The molecule has 0 aliphatic rings. The lowest BCUT2D eigenvalue weighted by Gasteiger charge is -2.31. The Balaban J connectivity index is 4.53. The fourth-order valence-electron chi connectivity index (χ4n) is 1.79. The summed E-state index contributed by atoms with van der Waals surface area (Å²) in [6, 6.07) is 0. The van der Waals surface area contributed by atoms with Gasteiger partial charge in [-0.2, -0.15) is 0 Å². The average Bonchev–Trinajstić information content (AvgIpc) is 1.84. The van der Waals surface area contributed by atoms with Crippen LogP contribution in [0.15, 0.2) is 0 Å². The number of halogens is 1. The van der Waals surface area contributed by atoms with Crippen molar-refractivity contribution >= 4 is 21.5 Å². The van der Waals surface area contributed by atoms with E-state index in [1.165, 1.54) is 0 Å². The van der Waals surface area contributed by atoms with Crippen LogP contribution in [-0.2, 0) is 0 Å². The van der Waals surface area contributed by atoms with Crippen molar-refractivity contribution in [3.05, 3.63) is 0 Å². The van der Waals surface area contributed by atoms with Crippen molar-refractivity contribution < 1.29 is 0 Å². The Morgan fingerprint density at radius 1 is 0.727 bits per heavy atom. The van der Waals surface area contributed by atoms with Gasteiger partial charge in [0.1, 0.15) is 15.5 Å². The van der Waals surface area contributed by atoms with Gasteiger partial charge in [0.25, 0.3) is 0 Å². The lowest BCUT2D eigenvalue weighted by Crippen LogP contribution is -2.17. The normalized spacial score (nSPS) is 13.6. The third-order valence-electron chi connectivity index (χ3n) is 2.37. The predicted molar refractivity (Wildman–Crippen MR) is 61.3 cm³/mol. The van der Waals surface area contributed by atoms with Crippen LogP contribution in [-0.4, -0.2) is 17.0 Å². The zero-order chi connectivity index (χ0) is 9.23. The summed E-state index contributed by atoms with van der Waals surface area (Å²) in [5, 5.41) is 0. The molecular formula is C9H21BrP+. The summed E-state index contributed by atoms with van der Waals surface area (Å²) in [6.07, 6.45) is 0. The summed E-state index contributed by atoms with van der Waals surface area (Å²) in [4.78, 5) is 0. The van der Waals surface area contributed by atoms with Crippen molar-refractivity contribution in [2.24, 2.45) is 0 Å². The Morgan fingerprint density at radius 2 is 0.909 bits per heavy atom. The molecule has 0 aliphatic carbocycles. The summed E-state index contributed by atoms with van der Waals surface area (Å²) in [5.74, 6) is -0.873. The van der Waals surface area contributed by atoms with Gasteiger partial charge in [0.2, 0.25) is 0 Å². The van der Waals surface area contributed by atoms with Crippen LogP contribution in [0, 0.1) is 0 Å². The van der Waals surface area contributed by atoms with Crippen LogP contribution in [0.4, 0.5) is 0 Å². The van der Waals surface area contributed by atoms with Gasteiger partial charge in [0, 0.05) is 0 Å². The van der Waals surface area contributed by atoms with E-state index in [4.69, 9.17) is 0 Å². The van der Waals surface area contributed by atoms with Crippen LogP contribution in [0.2, 0.25) is 0 Å². The lowest BCUT2D eigenvalue weighted by molar-refractivity contribution is 0.941. The first-order valence-corrected chi connectivity index (χ1v) is 8.42. The smallest absolute Gasteiger partial charge is 0.0277 e. The van der Waals surface area contributed by atoms with Crippen molar-refractivity contribution in [2.45, 2.75) is 58.5 Å². The highest BCUT2D eigenvalue weighted by atomic mass is 79.9. The van der Waals surface area contributed by atoms with E-state index in [9.17, 15) is 0 Å². The molecule has 0 bridgehead atoms. The Hall–Kier alpha value is 0.910. The van der Waals surface area contributed by atoms with E-state index in [-0.39, 0.29) is 0 Å². The van der Waals surface area contributed by atoms with Crippen LogP contribution in [0.5, 0.6) is 0 Å². The summed E-state index contributed by atoms with van der Waals surface area (Å²) >= 11 is 3.99. The Morgan fingerprint density at radius 3 is 0.909 bits per heavy atom. The molecule has 0 saturated heterocycles. The van der Waals surface area contributed by atoms with Crippen LogP contribution in [0.3, 0.4) is 0 Å². The van der Waals surface area contributed by atoms with Crippen LogP contribution < -0.4 is 0 Å². The van der Waals surface area contributed by atoms with E-state index in [1.54, 1.807) is 0 Å². The third kappa shape index (κ3) is 2.42. The molecule has 0 nitrogen and oxygen atoms in total. The molecule has 0 rings (SSSR count). The highest BCUT2D eigenvalue weighted by molar-refractivity contribution is 9.42. The van der Waals surface area contributed by atoms with Crippen molar-refractivity contribution in [3.63, 3.8) is 0 Å². The standard InChI is InChI=1S/C9H21BrP/c1-7(2)11(10,8(3)4)9(5)6/h7-9H,1-6H3/q+1. The van der Waals surface area contributed by atoms with E-state index in [0.29, 0.717) is 0 Å². The van der Waals surface area contributed by atoms with E-state index >= 15 is 0 Å². The van der Waals surface area contributed by atoms with Crippen molar-refractivity contribution in [2.75, 3.05) is 0 Å². The van der Waals surface area contributed by atoms with Gasteiger partial charge in [-0.15, -0.1) is 0 Å². The van der Waals surface area contributed by atoms with E-state index in [0.717, 1.165) is 17.0 Å². The van der Waals surface area contributed by atoms with Crippen LogP contribution in [0.1, 0.15) is 41.5 Å². The summed E-state index contributed by atoms with van der Waals surface area (Å²) in [7, 11) is 0. The second-order valence-corrected chi connectivity index (χ2v) is 12.3. The molecule has 0 atom stereocenters. The maximum Gasteiger partial charge on any atom is 0.139 e. The van der Waals surface area contributed by atoms with Gasteiger partial charge < -0.3 is 0 Å². The highest BCUT2D eigenvalue weighted by Crippen LogP contribution is 2.76. The quantitative estimate of drug-likeness (QED) is 0.635. The van der Waals surface area contributed by atoms with Crippen molar-refractivity contribution in [3.8, 4) is 0 Å². The van der Waals surface area contributed by atoms with E-state index in [2.05, 4.69) is 57.0 Å². The first-order chi connectivity index (χ1) is 4.83. The van der Waals surface area contributed by atoms with Gasteiger partial charge in [0.15, 0.2) is 0 Å². The molecular weight excluding hydrogens is 219 g/mol. The van der Waals surface area contributed by atoms with E-state index in [1.807, 2.05) is 0 Å². The minimum Gasteiger partial charge on any atom is -0.0277 e. The molecule has 11 heavy (non-hydrogen) atoms. The minimum absolute atomic E-state index is 0.808. The van der Waals surface area contributed by atoms with Crippen LogP contribution >= 0.6 is 21.5 Å². The molecule has 68 valence electrons. The first kappa shape index (κ1) is 11.9. The van der Waals surface area contributed by atoms with E-state index < -0.39 is 5.96 Å². The van der Waals surface area contributed by atoms with Gasteiger partial charge >= 0.3 is 0 Å². The third-order valence-corrected chi connectivity index (χ3v) is 14.5. The Bertz CT molecular complexity index is 97.0. The second-order valence-electron chi connectivity index (χ2n) is 4.02. The summed E-state index contributed by atoms with van der Waals surface area (Å²) in [6.45, 7) is 14.0. The zero-order valence-corrected chi connectivity index (χ0v) is 11.0. The molecule has 0 fully saturated rings. The van der Waals surface area contributed by atoms with Crippen molar-refractivity contribution in [1.82, 2.24) is 0 Å². The molecule has 2 heteroatoms. The Kier molecular flexibility index (Phi) is 4.58. The second kappa shape index (κ2) is 4.23. The molecule has 0 aromatic carbocycles. The largest absolute Gasteiger partial charge is 0.139 e. The first-order valence-electron chi connectivity index (χ1n) is 4.41. The predicted octanol–water partition coefficient (Wildman–Crippen LogP) is 4.54. The fourth-order valence-corrected chi connectivity index (χ4v) is 5.37. The number of rotatable bonds is 3. The summed E-state index contributed by atoms with van der Waals surface area (Å²) < 4.78 is 0. The lowest BCUT2D eigenvalue weighted by atomic mass is 10.5. The molecule has 0 spiro atoms. The molecule has 0 aliphatic heterocycles. The van der Waals surface area contributed by atoms with Gasteiger partial charge in [-0.25, -0.2) is 0 Å². The van der Waals surface area contributed by atoms with Gasteiger partial charge in [-0.05, 0) is 41.5 Å². The zero-order valence-electron chi connectivity index (χ0n) is 8.56.